The minimum Gasteiger partial charge on any atom is -0.481 e. The predicted molar refractivity (Wildman–Crippen MR) is 130 cm³/mol. The summed E-state index contributed by atoms with van der Waals surface area (Å²) in [5.74, 6) is 0.582. The van der Waals surface area contributed by atoms with E-state index in [4.69, 9.17) is 14.7 Å². The van der Waals surface area contributed by atoms with Gasteiger partial charge in [0.1, 0.15) is 0 Å². The summed E-state index contributed by atoms with van der Waals surface area (Å²) < 4.78 is 7.45. The normalized spacial score (nSPS) is 14.0. The first kappa shape index (κ1) is 19.5. The van der Waals surface area contributed by atoms with Crippen LogP contribution >= 0.6 is 0 Å². The molecule has 2 aliphatic carbocycles. The Kier molecular flexibility index (Phi) is 4.76. The molecule has 33 heavy (non-hydrogen) atoms. The van der Waals surface area contributed by atoms with Crippen LogP contribution in [0.3, 0.4) is 0 Å². The summed E-state index contributed by atoms with van der Waals surface area (Å²) in [7, 11) is 1.61. The molecule has 6 rings (SSSR count). The summed E-state index contributed by atoms with van der Waals surface area (Å²) in [5.41, 5.74) is 6.82. The molecule has 0 spiro atoms. The molecule has 1 fully saturated rings. The molecule has 0 saturated heterocycles. The Bertz CT molecular complexity index is 1470. The molecule has 1 aromatic heterocycles. The molecule has 2 heterocycles. The Morgan fingerprint density at radius 2 is 1.79 bits per heavy atom. The Hall–Kier alpha value is -4.19. The Morgan fingerprint density at radius 1 is 0.970 bits per heavy atom. The number of benzene rings is 3. The molecular formula is C27H23N5O. The fourth-order valence-corrected chi connectivity index (χ4v) is 4.03. The number of fused-ring (bicyclic) bond motifs is 2. The zero-order chi connectivity index (χ0) is 22.2. The van der Waals surface area contributed by atoms with E-state index < -0.39 is 0 Å². The molecule has 1 N–H and O–H groups in total. The van der Waals surface area contributed by atoms with E-state index in [1.54, 1.807) is 13.3 Å². The number of nitrogens with one attached hydrogen (secondary N) is 1. The van der Waals surface area contributed by atoms with E-state index >= 15 is 0 Å². The van der Waals surface area contributed by atoms with Crippen molar-refractivity contribution in [3.05, 3.63) is 90.4 Å². The maximum Gasteiger partial charge on any atom is 0.213 e. The Labute approximate surface area is 191 Å². The maximum absolute atomic E-state index is 5.19. The van der Waals surface area contributed by atoms with Gasteiger partial charge in [0.15, 0.2) is 0 Å². The van der Waals surface area contributed by atoms with E-state index in [1.807, 2.05) is 24.3 Å². The van der Waals surface area contributed by atoms with E-state index in [0.717, 1.165) is 57.7 Å². The molecule has 6 nitrogen and oxygen atoms in total. The average molecular weight is 434 g/mol. The third-order valence-corrected chi connectivity index (χ3v) is 5.80. The third-order valence-electron chi connectivity index (χ3n) is 5.80. The van der Waals surface area contributed by atoms with E-state index in [0.29, 0.717) is 11.9 Å². The van der Waals surface area contributed by atoms with Crippen LogP contribution in [0.15, 0.2) is 90.1 Å². The second-order valence-electron chi connectivity index (χ2n) is 8.20. The fourth-order valence-electron chi connectivity index (χ4n) is 4.03. The van der Waals surface area contributed by atoms with Gasteiger partial charge in [-0.25, -0.2) is 9.97 Å². The number of rotatable bonds is 5. The lowest BCUT2D eigenvalue weighted by atomic mass is 10.1. The Balaban J connectivity index is 1.59. The largest absolute Gasteiger partial charge is 0.481 e. The fraction of sp³-hybridized carbons (Fsp3) is 0.148. The number of anilines is 2. The highest BCUT2D eigenvalue weighted by Crippen LogP contribution is 2.31. The van der Waals surface area contributed by atoms with Crippen LogP contribution in [0.2, 0.25) is 0 Å². The van der Waals surface area contributed by atoms with Gasteiger partial charge in [0.05, 0.1) is 58.5 Å². The van der Waals surface area contributed by atoms with Gasteiger partial charge in [0.2, 0.25) is 5.88 Å². The first-order valence-electron chi connectivity index (χ1n) is 11.1. The van der Waals surface area contributed by atoms with Crippen LogP contribution in [0.1, 0.15) is 12.8 Å². The van der Waals surface area contributed by atoms with Crippen molar-refractivity contribution in [2.45, 2.75) is 18.9 Å². The average Bonchev–Trinajstić information content (AvgIpc) is 3.68. The number of para-hydroxylation sites is 3. The molecule has 1 aliphatic heterocycles. The number of hydrogen-bond acceptors (Lipinski definition) is 5. The summed E-state index contributed by atoms with van der Waals surface area (Å²) in [4.78, 5) is 14.3. The van der Waals surface area contributed by atoms with E-state index in [9.17, 15) is 0 Å². The molecular weight excluding hydrogens is 410 g/mol. The summed E-state index contributed by atoms with van der Waals surface area (Å²) >= 11 is 0. The lowest BCUT2D eigenvalue weighted by Gasteiger charge is -2.20. The van der Waals surface area contributed by atoms with Crippen molar-refractivity contribution in [2.24, 2.45) is 4.99 Å². The molecule has 3 aromatic rings. The van der Waals surface area contributed by atoms with Gasteiger partial charge >= 0.3 is 0 Å². The van der Waals surface area contributed by atoms with Crippen LogP contribution < -0.4 is 15.4 Å². The van der Waals surface area contributed by atoms with Gasteiger partial charge in [-0.2, -0.15) is 0 Å². The summed E-state index contributed by atoms with van der Waals surface area (Å²) in [6.07, 6.45) is 4.04. The monoisotopic (exact) mass is 433 g/mol. The molecule has 0 bridgehead atoms. The van der Waals surface area contributed by atoms with Crippen LogP contribution in [0.4, 0.5) is 11.4 Å². The van der Waals surface area contributed by atoms with Gasteiger partial charge < -0.3 is 14.6 Å². The SMILES string of the molecule is COc1ccc(Nc2cc3nc4ccccc4n(-c4ccccc4)c-3c/c2=N\C2CC2)cn1. The van der Waals surface area contributed by atoms with Gasteiger partial charge in [0, 0.05) is 11.8 Å². The minimum atomic E-state index is 0.385. The van der Waals surface area contributed by atoms with E-state index in [2.05, 4.69) is 69.5 Å². The first-order chi connectivity index (χ1) is 16.3. The topological polar surface area (TPSA) is 64.3 Å². The quantitative estimate of drug-likeness (QED) is 0.380. The second kappa shape index (κ2) is 8.06. The van der Waals surface area contributed by atoms with E-state index in [-0.39, 0.29) is 0 Å². The number of nitrogens with zero attached hydrogens (tertiary/aromatic N) is 4. The highest BCUT2D eigenvalue weighted by molar-refractivity contribution is 5.84. The van der Waals surface area contributed by atoms with Crippen LogP contribution in [-0.4, -0.2) is 27.7 Å². The molecule has 0 amide bonds. The molecule has 3 aliphatic rings. The van der Waals surface area contributed by atoms with Crippen molar-refractivity contribution in [2.75, 3.05) is 12.4 Å². The van der Waals surface area contributed by atoms with E-state index in [1.165, 1.54) is 0 Å². The van der Waals surface area contributed by atoms with Crippen molar-refractivity contribution < 1.29 is 4.74 Å². The number of aromatic nitrogens is 3. The van der Waals surface area contributed by atoms with Crippen molar-refractivity contribution >= 4 is 22.4 Å². The van der Waals surface area contributed by atoms with Crippen LogP contribution in [0.5, 0.6) is 5.88 Å². The van der Waals surface area contributed by atoms with Gasteiger partial charge in [-0.3, -0.25) is 4.99 Å². The number of pyridine rings is 1. The molecule has 0 atom stereocenters. The molecule has 6 heteroatoms. The number of ether oxygens (including phenoxy) is 1. The summed E-state index contributed by atoms with van der Waals surface area (Å²) in [5, 5.41) is 4.43. The van der Waals surface area contributed by atoms with Gasteiger partial charge in [-0.1, -0.05) is 30.3 Å². The maximum atomic E-state index is 5.19. The van der Waals surface area contributed by atoms with Crippen LogP contribution in [-0.2, 0) is 0 Å². The molecule has 1 saturated carbocycles. The third kappa shape index (κ3) is 3.80. The summed E-state index contributed by atoms with van der Waals surface area (Å²) in [6, 6.07) is 27.1. The standard InChI is InChI=1S/C27H23N5O/c1-33-27-14-13-19(17-28-27)30-22-15-24-26(16-23(22)29-18-11-12-18)32(20-7-3-2-4-8-20)25-10-6-5-9-21(25)31-24/h2-10,13-18,30H,11-12H2,1H3/b29-23+. The molecule has 0 unspecified atom stereocenters. The Morgan fingerprint density at radius 3 is 2.55 bits per heavy atom. The van der Waals surface area contributed by atoms with Gasteiger partial charge in [-0.05, 0) is 55.3 Å². The molecule has 162 valence electrons. The lowest BCUT2D eigenvalue weighted by Crippen LogP contribution is -2.15. The second-order valence-corrected chi connectivity index (χ2v) is 8.20. The highest BCUT2D eigenvalue weighted by Gasteiger charge is 2.21. The van der Waals surface area contributed by atoms with Crippen LogP contribution in [0.25, 0.3) is 28.1 Å². The summed E-state index contributed by atoms with van der Waals surface area (Å²) in [6.45, 7) is 0. The zero-order valence-electron chi connectivity index (χ0n) is 18.3. The molecule has 2 aromatic carbocycles. The predicted octanol–water partition coefficient (Wildman–Crippen LogP) is 5.34. The number of hydrogen-bond donors (Lipinski definition) is 1. The van der Waals surface area contributed by atoms with Crippen LogP contribution in [0, 0.1) is 0 Å². The van der Waals surface area contributed by atoms with Crippen molar-refractivity contribution in [1.82, 2.24) is 14.5 Å². The highest BCUT2D eigenvalue weighted by atomic mass is 16.5. The number of methoxy groups -OCH3 is 1. The van der Waals surface area contributed by atoms with Crippen molar-refractivity contribution in [3.8, 4) is 23.0 Å². The molecule has 0 radical (unpaired) electrons. The van der Waals surface area contributed by atoms with Gasteiger partial charge in [-0.15, -0.1) is 0 Å². The smallest absolute Gasteiger partial charge is 0.213 e. The lowest BCUT2D eigenvalue weighted by molar-refractivity contribution is 0.398. The van der Waals surface area contributed by atoms with Gasteiger partial charge in [0.25, 0.3) is 0 Å². The van der Waals surface area contributed by atoms with Crippen molar-refractivity contribution in [1.29, 1.82) is 0 Å². The minimum absolute atomic E-state index is 0.385. The first-order valence-corrected chi connectivity index (χ1v) is 11.1. The van der Waals surface area contributed by atoms with Crippen molar-refractivity contribution in [3.63, 3.8) is 0 Å². The zero-order valence-corrected chi connectivity index (χ0v) is 18.3.